The van der Waals surface area contributed by atoms with Gasteiger partial charge in [0.2, 0.25) is 0 Å². The van der Waals surface area contributed by atoms with Gasteiger partial charge in [-0.15, -0.1) is 0 Å². The molecule has 5 nitrogen and oxygen atoms in total. The van der Waals surface area contributed by atoms with Crippen molar-refractivity contribution in [3.63, 3.8) is 0 Å². The van der Waals surface area contributed by atoms with Gasteiger partial charge in [0.1, 0.15) is 0 Å². The maximum atomic E-state index is 12.3. The fourth-order valence-electron chi connectivity index (χ4n) is 3.53. The lowest BCUT2D eigenvalue weighted by Gasteiger charge is -2.30. The van der Waals surface area contributed by atoms with Gasteiger partial charge in [-0.3, -0.25) is 0 Å². The summed E-state index contributed by atoms with van der Waals surface area (Å²) >= 11 is 0. The molecule has 1 aliphatic heterocycles. The first-order valence-electron chi connectivity index (χ1n) is 9.15. The van der Waals surface area contributed by atoms with Gasteiger partial charge in [-0.05, 0) is 43.4 Å². The number of nitrogens with zero attached hydrogens (tertiary/aromatic N) is 1. The molecule has 2 amide bonds. The number of hydrogen-bond donors (Lipinski definition) is 2. The Hall–Kier alpha value is -1.59. The van der Waals surface area contributed by atoms with Gasteiger partial charge < -0.3 is 20.1 Å². The molecule has 3 rings (SSSR count). The molecule has 0 unspecified atom stereocenters. The van der Waals surface area contributed by atoms with Crippen LogP contribution in [0.1, 0.15) is 50.5 Å². The first-order chi connectivity index (χ1) is 11.7. The Balaban J connectivity index is 1.51. The number of carbonyl (C=O) groups excluding carboxylic acids is 1. The van der Waals surface area contributed by atoms with Crippen LogP contribution in [0, 0.1) is 0 Å². The molecule has 1 aromatic carbocycles. The van der Waals surface area contributed by atoms with Crippen LogP contribution in [-0.4, -0.2) is 41.3 Å². The smallest absolute Gasteiger partial charge is 0.321 e. The largest absolute Gasteiger partial charge is 0.391 e. The van der Waals surface area contributed by atoms with Gasteiger partial charge in [0.05, 0.1) is 18.8 Å². The summed E-state index contributed by atoms with van der Waals surface area (Å²) < 4.78 is 6.00. The van der Waals surface area contributed by atoms with Crippen molar-refractivity contribution in [3.8, 4) is 0 Å². The minimum Gasteiger partial charge on any atom is -0.391 e. The molecule has 1 saturated heterocycles. The van der Waals surface area contributed by atoms with Gasteiger partial charge >= 0.3 is 6.03 Å². The number of aliphatic hydroxyl groups excluding tert-OH is 1. The molecule has 1 atom stereocenters. The highest BCUT2D eigenvalue weighted by molar-refractivity contribution is 5.89. The van der Waals surface area contributed by atoms with Gasteiger partial charge in [-0.1, -0.05) is 31.4 Å². The number of ether oxygens (including phenoxy) is 1. The van der Waals surface area contributed by atoms with E-state index in [4.69, 9.17) is 4.74 Å². The zero-order chi connectivity index (χ0) is 16.8. The summed E-state index contributed by atoms with van der Waals surface area (Å²) in [6.45, 7) is 1.71. The predicted octanol–water partition coefficient (Wildman–Crippen LogP) is 3.52. The molecule has 2 aliphatic rings. The first kappa shape index (κ1) is 17.2. The fraction of sp³-hybridized carbons (Fsp3) is 0.632. The number of rotatable bonds is 4. The van der Waals surface area contributed by atoms with Crippen molar-refractivity contribution in [2.45, 2.75) is 63.8 Å². The minimum absolute atomic E-state index is 0.140. The van der Waals surface area contributed by atoms with Crippen molar-refractivity contribution in [2.75, 3.05) is 18.4 Å². The standard InChI is InChI=1S/C19H28N2O3/c22-17-8-5-11-21(13-17)19(23)20-16-7-4-6-15(12-16)14-24-18-9-2-1-3-10-18/h4,6-7,12,17-18,22H,1-3,5,8-11,13-14H2,(H,20,23)/t17-/m1/s1. The van der Waals surface area contributed by atoms with Crippen molar-refractivity contribution < 1.29 is 14.6 Å². The van der Waals surface area contributed by atoms with E-state index in [0.717, 1.165) is 36.9 Å². The third kappa shape index (κ3) is 4.95. The minimum atomic E-state index is -0.403. The van der Waals surface area contributed by atoms with Gasteiger partial charge in [-0.25, -0.2) is 4.79 Å². The summed E-state index contributed by atoms with van der Waals surface area (Å²) in [4.78, 5) is 14.0. The van der Waals surface area contributed by atoms with E-state index in [-0.39, 0.29) is 6.03 Å². The van der Waals surface area contributed by atoms with Crippen LogP contribution in [0.2, 0.25) is 0 Å². The van der Waals surface area contributed by atoms with Crippen molar-refractivity contribution in [1.82, 2.24) is 4.90 Å². The van der Waals surface area contributed by atoms with Gasteiger partial charge in [0.25, 0.3) is 0 Å². The zero-order valence-electron chi connectivity index (χ0n) is 14.2. The van der Waals surface area contributed by atoms with Crippen LogP contribution in [0.3, 0.4) is 0 Å². The van der Waals surface area contributed by atoms with Crippen LogP contribution >= 0.6 is 0 Å². The number of urea groups is 1. The molecule has 132 valence electrons. The number of nitrogens with one attached hydrogen (secondary N) is 1. The summed E-state index contributed by atoms with van der Waals surface area (Å²) in [5.41, 5.74) is 1.86. The molecular formula is C19H28N2O3. The van der Waals surface area contributed by atoms with E-state index in [1.165, 1.54) is 19.3 Å². The highest BCUT2D eigenvalue weighted by atomic mass is 16.5. The van der Waals surface area contributed by atoms with Crippen LogP contribution in [-0.2, 0) is 11.3 Å². The third-order valence-electron chi connectivity index (χ3n) is 4.90. The molecule has 2 fully saturated rings. The molecule has 2 N–H and O–H groups in total. The van der Waals surface area contributed by atoms with Crippen molar-refractivity contribution >= 4 is 11.7 Å². The van der Waals surface area contributed by atoms with Gasteiger partial charge in [0.15, 0.2) is 0 Å². The second-order valence-electron chi connectivity index (χ2n) is 6.94. The quantitative estimate of drug-likeness (QED) is 0.887. The second kappa shape index (κ2) is 8.49. The number of β-amino-alcohol motifs (C(OH)–C–C–N with tert-alkyl or cyclic N) is 1. The Morgan fingerprint density at radius 1 is 1.21 bits per heavy atom. The highest BCUT2D eigenvalue weighted by Crippen LogP contribution is 2.22. The molecule has 5 heteroatoms. The van der Waals surface area contributed by atoms with E-state index < -0.39 is 6.10 Å². The molecule has 1 saturated carbocycles. The van der Waals surface area contributed by atoms with Crippen LogP contribution in [0.4, 0.5) is 10.5 Å². The number of piperidine rings is 1. The maximum Gasteiger partial charge on any atom is 0.321 e. The summed E-state index contributed by atoms with van der Waals surface area (Å²) in [5, 5.41) is 12.6. The van der Waals surface area contributed by atoms with Crippen LogP contribution in [0.15, 0.2) is 24.3 Å². The number of carbonyl (C=O) groups is 1. The Kier molecular flexibility index (Phi) is 6.10. The van der Waals surface area contributed by atoms with Gasteiger partial charge in [0, 0.05) is 18.8 Å². The van der Waals surface area contributed by atoms with E-state index in [0.29, 0.717) is 25.8 Å². The third-order valence-corrected chi connectivity index (χ3v) is 4.90. The number of likely N-dealkylation sites (tertiary alicyclic amines) is 1. The fourth-order valence-corrected chi connectivity index (χ4v) is 3.53. The average molecular weight is 332 g/mol. The summed E-state index contributed by atoms with van der Waals surface area (Å²) in [6.07, 6.45) is 7.78. The molecule has 0 spiro atoms. The SMILES string of the molecule is O=C(Nc1cccc(COC2CCCCC2)c1)N1CCC[C@@H](O)C1. The zero-order valence-corrected chi connectivity index (χ0v) is 14.2. The lowest BCUT2D eigenvalue weighted by Crippen LogP contribution is -2.44. The van der Waals surface area contributed by atoms with Crippen molar-refractivity contribution in [1.29, 1.82) is 0 Å². The number of aliphatic hydroxyl groups is 1. The van der Waals surface area contributed by atoms with E-state index >= 15 is 0 Å². The van der Waals surface area contributed by atoms with E-state index in [9.17, 15) is 9.90 Å². The Bertz CT molecular complexity index is 543. The molecule has 24 heavy (non-hydrogen) atoms. The molecule has 1 aromatic rings. The Morgan fingerprint density at radius 3 is 2.83 bits per heavy atom. The molecule has 0 bridgehead atoms. The van der Waals surface area contributed by atoms with E-state index in [1.807, 2.05) is 24.3 Å². The summed E-state index contributed by atoms with van der Waals surface area (Å²) in [5.74, 6) is 0. The molecule has 0 aromatic heterocycles. The monoisotopic (exact) mass is 332 g/mol. The van der Waals surface area contributed by atoms with Crippen LogP contribution in [0.5, 0.6) is 0 Å². The number of anilines is 1. The normalized spacial score (nSPS) is 22.4. The number of hydrogen-bond acceptors (Lipinski definition) is 3. The van der Waals surface area contributed by atoms with Crippen molar-refractivity contribution in [3.05, 3.63) is 29.8 Å². The van der Waals surface area contributed by atoms with Crippen LogP contribution in [0.25, 0.3) is 0 Å². The first-order valence-corrected chi connectivity index (χ1v) is 9.15. The topological polar surface area (TPSA) is 61.8 Å². The maximum absolute atomic E-state index is 12.3. The molecular weight excluding hydrogens is 304 g/mol. The molecule has 1 heterocycles. The van der Waals surface area contributed by atoms with Gasteiger partial charge in [-0.2, -0.15) is 0 Å². The Morgan fingerprint density at radius 2 is 2.04 bits per heavy atom. The average Bonchev–Trinajstić information content (AvgIpc) is 2.61. The molecule has 1 aliphatic carbocycles. The van der Waals surface area contributed by atoms with Crippen LogP contribution < -0.4 is 5.32 Å². The van der Waals surface area contributed by atoms with E-state index in [2.05, 4.69) is 5.32 Å². The lowest BCUT2D eigenvalue weighted by atomic mass is 9.98. The number of amides is 2. The Labute approximate surface area is 144 Å². The lowest BCUT2D eigenvalue weighted by molar-refractivity contribution is 0.0169. The summed E-state index contributed by atoms with van der Waals surface area (Å²) in [7, 11) is 0. The number of benzene rings is 1. The molecule has 0 radical (unpaired) electrons. The van der Waals surface area contributed by atoms with Crippen molar-refractivity contribution in [2.24, 2.45) is 0 Å². The predicted molar refractivity (Wildman–Crippen MR) is 93.9 cm³/mol. The summed E-state index contributed by atoms with van der Waals surface area (Å²) in [6, 6.07) is 7.70. The van der Waals surface area contributed by atoms with E-state index in [1.54, 1.807) is 4.90 Å². The highest BCUT2D eigenvalue weighted by Gasteiger charge is 2.22. The second-order valence-corrected chi connectivity index (χ2v) is 6.94.